The molecule has 6 heterocycles. The summed E-state index contributed by atoms with van der Waals surface area (Å²) >= 11 is 6.52. The first-order valence-corrected chi connectivity index (χ1v) is 17.2. The number of ether oxygens (including phenoxy) is 2. The van der Waals surface area contributed by atoms with Crippen LogP contribution in [0, 0.1) is 5.41 Å². The van der Waals surface area contributed by atoms with Gasteiger partial charge >= 0.3 is 24.0 Å². The van der Waals surface area contributed by atoms with E-state index in [4.69, 9.17) is 21.1 Å². The van der Waals surface area contributed by atoms with Crippen LogP contribution in [0.25, 0.3) is 0 Å². The van der Waals surface area contributed by atoms with Crippen molar-refractivity contribution in [3.8, 4) is 11.8 Å². The standard InChI is InChI=1S/C35H41ClF3N7O5/c1-34(2)20-41-29(47)25-10-7-23(8-11-25)18-28-42-32(44-33(43-28)51-22-35(37,38)39)40-19-24-9-12-27(26(36)17-24)50-16-6-15-46(21-34)31(49)30(48)45-13-4-3-5-14-45/h7-12,17H,3-6,13-16,18-22H2,1-2H3,(H,41,47)(H,40,42,43,44). The number of aromatic nitrogens is 3. The van der Waals surface area contributed by atoms with Gasteiger partial charge in [0.05, 0.1) is 11.6 Å². The Morgan fingerprint density at radius 2 is 1.61 bits per heavy atom. The summed E-state index contributed by atoms with van der Waals surface area (Å²) in [5.41, 5.74) is 1.18. The van der Waals surface area contributed by atoms with Crippen molar-refractivity contribution in [2.75, 3.05) is 51.3 Å². The number of amides is 3. The van der Waals surface area contributed by atoms with Gasteiger partial charge < -0.3 is 29.9 Å². The van der Waals surface area contributed by atoms with Crippen molar-refractivity contribution in [1.82, 2.24) is 30.1 Å². The number of likely N-dealkylation sites (tertiary alicyclic amines) is 1. The molecule has 3 amide bonds. The molecule has 1 saturated heterocycles. The summed E-state index contributed by atoms with van der Waals surface area (Å²) in [4.78, 5) is 55.5. The van der Waals surface area contributed by atoms with Gasteiger partial charge in [0.2, 0.25) is 5.95 Å². The molecule has 12 nitrogen and oxygen atoms in total. The fourth-order valence-electron chi connectivity index (χ4n) is 5.73. The second-order valence-electron chi connectivity index (χ2n) is 13.4. The first-order valence-electron chi connectivity index (χ1n) is 16.8. The molecule has 16 heteroatoms. The molecule has 1 fully saturated rings. The van der Waals surface area contributed by atoms with Gasteiger partial charge in [0.25, 0.3) is 5.91 Å². The lowest BCUT2D eigenvalue weighted by Crippen LogP contribution is -2.51. The Balaban J connectivity index is 1.38. The van der Waals surface area contributed by atoms with E-state index in [1.807, 2.05) is 13.8 Å². The van der Waals surface area contributed by atoms with Gasteiger partial charge in [-0.15, -0.1) is 0 Å². The zero-order chi connectivity index (χ0) is 36.6. The summed E-state index contributed by atoms with van der Waals surface area (Å²) in [5, 5.41) is 6.24. The second kappa shape index (κ2) is 16.6. The van der Waals surface area contributed by atoms with Gasteiger partial charge in [-0.3, -0.25) is 14.4 Å². The minimum absolute atomic E-state index is 0.000405. The summed E-state index contributed by atoms with van der Waals surface area (Å²) in [6.45, 7) is 4.42. The normalized spacial score (nSPS) is 17.5. The van der Waals surface area contributed by atoms with Crippen LogP contribution in [0.3, 0.4) is 0 Å². The van der Waals surface area contributed by atoms with Crippen molar-refractivity contribution >= 4 is 35.3 Å². The van der Waals surface area contributed by atoms with E-state index in [1.54, 1.807) is 52.3 Å². The largest absolute Gasteiger partial charge is 0.492 e. The number of hydrogen-bond donors (Lipinski definition) is 2. The number of anilines is 1. The third kappa shape index (κ3) is 11.2. The summed E-state index contributed by atoms with van der Waals surface area (Å²) in [6, 6.07) is 11.3. The molecule has 2 aromatic carbocycles. The fraction of sp³-hybridized carbons (Fsp3) is 0.486. The summed E-state index contributed by atoms with van der Waals surface area (Å²) in [6.07, 6.45) is -1.31. The molecule has 0 aliphatic carbocycles. The first-order chi connectivity index (χ1) is 24.2. The number of carbonyl (C=O) groups excluding carboxylic acids is 3. The molecule has 6 bridgehead atoms. The van der Waals surface area contributed by atoms with Gasteiger partial charge in [-0.2, -0.15) is 28.1 Å². The number of carbonyl (C=O) groups is 3. The van der Waals surface area contributed by atoms with Crippen LogP contribution in [0.15, 0.2) is 42.5 Å². The minimum atomic E-state index is -4.59. The minimum Gasteiger partial charge on any atom is -0.492 e. The molecule has 5 aliphatic rings. The van der Waals surface area contributed by atoms with E-state index in [2.05, 4.69) is 25.6 Å². The van der Waals surface area contributed by atoms with E-state index < -0.39 is 36.0 Å². The summed E-state index contributed by atoms with van der Waals surface area (Å²) in [7, 11) is 0. The monoisotopic (exact) mass is 731 g/mol. The van der Waals surface area contributed by atoms with Crippen LogP contribution in [0.5, 0.6) is 11.8 Å². The van der Waals surface area contributed by atoms with Crippen LogP contribution in [0.4, 0.5) is 19.1 Å². The molecule has 0 saturated carbocycles. The molecule has 51 heavy (non-hydrogen) atoms. The topological polar surface area (TPSA) is 139 Å². The quantitative estimate of drug-likeness (QED) is 0.347. The van der Waals surface area contributed by atoms with E-state index in [1.165, 1.54) is 0 Å². The Morgan fingerprint density at radius 1 is 0.922 bits per heavy atom. The van der Waals surface area contributed by atoms with Crippen molar-refractivity contribution in [2.45, 2.75) is 58.7 Å². The maximum absolute atomic E-state index is 13.6. The van der Waals surface area contributed by atoms with E-state index in [0.29, 0.717) is 47.0 Å². The maximum Gasteiger partial charge on any atom is 0.422 e. The fourth-order valence-corrected chi connectivity index (χ4v) is 5.99. The highest BCUT2D eigenvalue weighted by molar-refractivity contribution is 6.35. The molecule has 1 aromatic heterocycles. The SMILES string of the molecule is CC1(C)CNC(=O)c2ccc(cc2)Cc2nc(nc(OCC(F)(F)F)n2)NCc2ccc(c(Cl)c2)OCCCN(C(=O)C(=O)N2CCCCC2)C1. The van der Waals surface area contributed by atoms with Gasteiger partial charge in [0.15, 0.2) is 6.61 Å². The average molecular weight is 732 g/mol. The van der Waals surface area contributed by atoms with Crippen molar-refractivity contribution in [3.63, 3.8) is 0 Å². The molecular weight excluding hydrogens is 691 g/mol. The highest BCUT2D eigenvalue weighted by Gasteiger charge is 2.32. The number of halogens is 4. The zero-order valence-corrected chi connectivity index (χ0v) is 29.3. The van der Waals surface area contributed by atoms with E-state index in [-0.39, 0.29) is 56.9 Å². The smallest absolute Gasteiger partial charge is 0.422 e. The van der Waals surface area contributed by atoms with Crippen molar-refractivity contribution in [2.24, 2.45) is 5.41 Å². The van der Waals surface area contributed by atoms with Crippen LogP contribution in [0.1, 0.15) is 66.8 Å². The molecular formula is C35H41ClF3N7O5. The number of benzene rings is 2. The summed E-state index contributed by atoms with van der Waals surface area (Å²) < 4.78 is 49.5. The predicted molar refractivity (Wildman–Crippen MR) is 183 cm³/mol. The van der Waals surface area contributed by atoms with Crippen LogP contribution in [-0.4, -0.2) is 94.6 Å². The van der Waals surface area contributed by atoms with Gasteiger partial charge in [0, 0.05) is 51.3 Å². The van der Waals surface area contributed by atoms with Crippen molar-refractivity contribution in [1.29, 1.82) is 0 Å². The number of piperidine rings is 1. The van der Waals surface area contributed by atoms with E-state index in [0.717, 1.165) is 19.3 Å². The van der Waals surface area contributed by atoms with Crippen LogP contribution in [-0.2, 0) is 22.6 Å². The van der Waals surface area contributed by atoms with Gasteiger partial charge in [-0.25, -0.2) is 0 Å². The zero-order valence-electron chi connectivity index (χ0n) is 28.5. The molecule has 5 aliphatic heterocycles. The second-order valence-corrected chi connectivity index (χ2v) is 13.8. The third-order valence-corrected chi connectivity index (χ3v) is 8.64. The average Bonchev–Trinajstić information content (AvgIpc) is 3.10. The van der Waals surface area contributed by atoms with Gasteiger partial charge in [-0.05, 0) is 66.5 Å². The van der Waals surface area contributed by atoms with Crippen LogP contribution < -0.4 is 20.1 Å². The van der Waals surface area contributed by atoms with Crippen molar-refractivity contribution < 1.29 is 37.0 Å². The van der Waals surface area contributed by atoms with E-state index >= 15 is 0 Å². The van der Waals surface area contributed by atoms with E-state index in [9.17, 15) is 27.6 Å². The highest BCUT2D eigenvalue weighted by Crippen LogP contribution is 2.27. The molecule has 0 unspecified atom stereocenters. The molecule has 2 N–H and O–H groups in total. The molecule has 0 spiro atoms. The Labute approximate surface area is 299 Å². The third-order valence-electron chi connectivity index (χ3n) is 8.34. The Bertz CT molecular complexity index is 1700. The predicted octanol–water partition coefficient (Wildman–Crippen LogP) is 5.05. The number of alkyl halides is 3. The lowest BCUT2D eigenvalue weighted by atomic mass is 9.92. The Morgan fingerprint density at radius 3 is 2.31 bits per heavy atom. The number of hydrogen-bond acceptors (Lipinski definition) is 9. The molecule has 274 valence electrons. The lowest BCUT2D eigenvalue weighted by molar-refractivity contribution is -0.154. The Kier molecular flexibility index (Phi) is 12.2. The number of nitrogens with zero attached hydrogens (tertiary/aromatic N) is 5. The Hall–Kier alpha value is -4.66. The number of rotatable bonds is 2. The molecule has 0 radical (unpaired) electrons. The summed E-state index contributed by atoms with van der Waals surface area (Å²) in [5.74, 6) is -0.872. The highest BCUT2D eigenvalue weighted by atomic mass is 35.5. The van der Waals surface area contributed by atoms with Gasteiger partial charge in [0.1, 0.15) is 11.6 Å². The number of nitrogens with one attached hydrogen (secondary N) is 2. The maximum atomic E-state index is 13.6. The molecule has 0 atom stereocenters. The van der Waals surface area contributed by atoms with Crippen LogP contribution >= 0.6 is 11.6 Å². The lowest BCUT2D eigenvalue weighted by Gasteiger charge is -2.34. The van der Waals surface area contributed by atoms with Gasteiger partial charge in [-0.1, -0.05) is 43.6 Å². The molecule has 3 aromatic rings. The first kappa shape index (κ1) is 37.6. The van der Waals surface area contributed by atoms with Crippen LogP contribution in [0.2, 0.25) is 5.02 Å². The van der Waals surface area contributed by atoms with Crippen molar-refractivity contribution in [3.05, 3.63) is 70.0 Å². The molecule has 8 rings (SSSR count).